The molecule has 1 atom stereocenters. The molecule has 0 bridgehead atoms. The van der Waals surface area contributed by atoms with Crippen molar-refractivity contribution in [3.8, 4) is 0 Å². The molecule has 0 saturated carbocycles. The molecule has 0 amide bonds. The molecule has 4 heteroatoms. The summed E-state index contributed by atoms with van der Waals surface area (Å²) in [5.74, 6) is 1.48. The molecule has 0 aliphatic carbocycles. The molecule has 1 unspecified atom stereocenters. The van der Waals surface area contributed by atoms with Crippen molar-refractivity contribution >= 4 is 23.1 Å². The summed E-state index contributed by atoms with van der Waals surface area (Å²) in [6, 6.07) is 0. The van der Waals surface area contributed by atoms with Crippen LogP contribution >= 0.6 is 23.1 Å². The molecule has 0 radical (unpaired) electrons. The zero-order chi connectivity index (χ0) is 8.97. The summed E-state index contributed by atoms with van der Waals surface area (Å²) in [5, 5.41) is 2.11. The summed E-state index contributed by atoms with van der Waals surface area (Å²) in [6.07, 6.45) is 0. The summed E-state index contributed by atoms with van der Waals surface area (Å²) in [4.78, 5) is 4.47. The van der Waals surface area contributed by atoms with Crippen LogP contribution in [0.3, 0.4) is 0 Å². The number of hydrogen-bond acceptors (Lipinski definition) is 4. The number of hydrogen-bond donors (Lipinski definition) is 1. The summed E-state index contributed by atoms with van der Waals surface area (Å²) in [6.45, 7) is 4.92. The van der Waals surface area contributed by atoms with E-state index in [4.69, 9.17) is 5.73 Å². The zero-order valence-electron chi connectivity index (χ0n) is 7.41. The zero-order valence-corrected chi connectivity index (χ0v) is 9.04. The molecule has 0 aromatic carbocycles. The second kappa shape index (κ2) is 4.84. The van der Waals surface area contributed by atoms with Crippen LogP contribution in [-0.2, 0) is 0 Å². The summed E-state index contributed by atoms with van der Waals surface area (Å²) >= 11 is 3.50. The van der Waals surface area contributed by atoms with Crippen LogP contribution in [0.25, 0.3) is 0 Å². The molecular weight excluding hydrogens is 188 g/mol. The van der Waals surface area contributed by atoms with Crippen LogP contribution in [0.5, 0.6) is 0 Å². The quantitative estimate of drug-likeness (QED) is 0.762. The standard InChI is InChI=1S/C8H14N2S2/c1-3-11-8-10-7(5-12-8)6(2)4-9/h5-6H,3-4,9H2,1-2H3. The maximum absolute atomic E-state index is 5.55. The van der Waals surface area contributed by atoms with E-state index in [0.717, 1.165) is 15.8 Å². The van der Waals surface area contributed by atoms with Crippen molar-refractivity contribution in [1.82, 2.24) is 4.98 Å². The Hall–Kier alpha value is -0.0600. The smallest absolute Gasteiger partial charge is 0.150 e. The average molecular weight is 202 g/mol. The Morgan fingerprint density at radius 3 is 3.08 bits per heavy atom. The third-order valence-electron chi connectivity index (χ3n) is 1.63. The Kier molecular flexibility index (Phi) is 4.05. The van der Waals surface area contributed by atoms with Crippen LogP contribution in [0.4, 0.5) is 0 Å². The fraction of sp³-hybridized carbons (Fsp3) is 0.625. The highest BCUT2D eigenvalue weighted by molar-refractivity contribution is 8.00. The van der Waals surface area contributed by atoms with E-state index in [9.17, 15) is 0 Å². The van der Waals surface area contributed by atoms with Crippen molar-refractivity contribution in [3.63, 3.8) is 0 Å². The van der Waals surface area contributed by atoms with E-state index in [-0.39, 0.29) is 0 Å². The first-order valence-corrected chi connectivity index (χ1v) is 5.92. The van der Waals surface area contributed by atoms with Gasteiger partial charge in [0, 0.05) is 17.8 Å². The number of nitrogens with zero attached hydrogens (tertiary/aromatic N) is 1. The minimum atomic E-state index is 0.396. The van der Waals surface area contributed by atoms with E-state index in [1.165, 1.54) is 0 Å². The van der Waals surface area contributed by atoms with Gasteiger partial charge in [-0.3, -0.25) is 0 Å². The molecule has 0 saturated heterocycles. The lowest BCUT2D eigenvalue weighted by Gasteiger charge is -2.01. The van der Waals surface area contributed by atoms with E-state index in [1.54, 1.807) is 23.1 Å². The molecule has 2 N–H and O–H groups in total. The highest BCUT2D eigenvalue weighted by atomic mass is 32.2. The molecule has 2 nitrogen and oxygen atoms in total. The van der Waals surface area contributed by atoms with Gasteiger partial charge < -0.3 is 5.73 Å². The predicted molar refractivity (Wildman–Crippen MR) is 56.0 cm³/mol. The third kappa shape index (κ3) is 2.47. The maximum Gasteiger partial charge on any atom is 0.150 e. The lowest BCUT2D eigenvalue weighted by molar-refractivity contribution is 0.745. The monoisotopic (exact) mass is 202 g/mol. The van der Waals surface area contributed by atoms with Gasteiger partial charge in [-0.15, -0.1) is 11.3 Å². The molecule has 1 aromatic rings. The van der Waals surface area contributed by atoms with Gasteiger partial charge in [0.25, 0.3) is 0 Å². The summed E-state index contributed by atoms with van der Waals surface area (Å²) < 4.78 is 1.16. The molecule has 0 aliphatic heterocycles. The van der Waals surface area contributed by atoms with E-state index in [2.05, 4.69) is 24.2 Å². The van der Waals surface area contributed by atoms with Gasteiger partial charge in [-0.05, 0) is 5.75 Å². The van der Waals surface area contributed by atoms with Crippen molar-refractivity contribution in [2.24, 2.45) is 5.73 Å². The molecule has 0 fully saturated rings. The van der Waals surface area contributed by atoms with E-state index in [1.807, 2.05) is 0 Å². The molecule has 68 valence electrons. The number of thioether (sulfide) groups is 1. The normalized spacial score (nSPS) is 13.2. The van der Waals surface area contributed by atoms with Gasteiger partial charge in [0.15, 0.2) is 0 Å². The first kappa shape index (κ1) is 10.0. The fourth-order valence-corrected chi connectivity index (χ4v) is 2.66. The van der Waals surface area contributed by atoms with E-state index >= 15 is 0 Å². The van der Waals surface area contributed by atoms with E-state index in [0.29, 0.717) is 12.5 Å². The second-order valence-electron chi connectivity index (χ2n) is 2.61. The Bertz CT molecular complexity index is 235. The van der Waals surface area contributed by atoms with Crippen LogP contribution in [0.15, 0.2) is 9.72 Å². The predicted octanol–water partition coefficient (Wildman–Crippen LogP) is 2.32. The number of aromatic nitrogens is 1. The first-order chi connectivity index (χ1) is 5.77. The molecular formula is C8H14N2S2. The summed E-state index contributed by atoms with van der Waals surface area (Å²) in [7, 11) is 0. The minimum absolute atomic E-state index is 0.396. The average Bonchev–Trinajstić information content (AvgIpc) is 2.52. The second-order valence-corrected chi connectivity index (χ2v) is 4.98. The number of rotatable bonds is 4. The van der Waals surface area contributed by atoms with Crippen molar-refractivity contribution in [3.05, 3.63) is 11.1 Å². The number of thiazole rings is 1. The van der Waals surface area contributed by atoms with Gasteiger partial charge >= 0.3 is 0 Å². The van der Waals surface area contributed by atoms with Gasteiger partial charge in [0.2, 0.25) is 0 Å². The van der Waals surface area contributed by atoms with Gasteiger partial charge in [-0.25, -0.2) is 4.98 Å². The van der Waals surface area contributed by atoms with Crippen LogP contribution < -0.4 is 5.73 Å². The van der Waals surface area contributed by atoms with Gasteiger partial charge in [-0.1, -0.05) is 25.6 Å². The Balaban J connectivity index is 2.63. The van der Waals surface area contributed by atoms with Gasteiger partial charge in [-0.2, -0.15) is 0 Å². The molecule has 1 rings (SSSR count). The van der Waals surface area contributed by atoms with Crippen molar-refractivity contribution in [2.75, 3.05) is 12.3 Å². The molecule has 1 heterocycles. The van der Waals surface area contributed by atoms with Crippen molar-refractivity contribution < 1.29 is 0 Å². The Morgan fingerprint density at radius 2 is 2.50 bits per heavy atom. The SMILES string of the molecule is CCSc1nc(C(C)CN)cs1. The van der Waals surface area contributed by atoms with Crippen LogP contribution in [0.1, 0.15) is 25.5 Å². The van der Waals surface area contributed by atoms with Gasteiger partial charge in [0.1, 0.15) is 4.34 Å². The largest absolute Gasteiger partial charge is 0.330 e. The van der Waals surface area contributed by atoms with Gasteiger partial charge in [0.05, 0.1) is 5.69 Å². The lowest BCUT2D eigenvalue weighted by atomic mass is 10.1. The number of nitrogens with two attached hydrogens (primary N) is 1. The van der Waals surface area contributed by atoms with Crippen LogP contribution in [-0.4, -0.2) is 17.3 Å². The van der Waals surface area contributed by atoms with E-state index < -0.39 is 0 Å². The lowest BCUT2D eigenvalue weighted by Crippen LogP contribution is -2.08. The van der Waals surface area contributed by atoms with Crippen molar-refractivity contribution in [2.45, 2.75) is 24.1 Å². The fourth-order valence-electron chi connectivity index (χ4n) is 0.806. The summed E-state index contributed by atoms with van der Waals surface area (Å²) in [5.41, 5.74) is 6.68. The molecule has 1 aromatic heterocycles. The third-order valence-corrected chi connectivity index (χ3v) is 3.55. The van der Waals surface area contributed by atoms with Crippen LogP contribution in [0.2, 0.25) is 0 Å². The highest BCUT2D eigenvalue weighted by Gasteiger charge is 2.07. The molecule has 12 heavy (non-hydrogen) atoms. The van der Waals surface area contributed by atoms with Crippen molar-refractivity contribution in [1.29, 1.82) is 0 Å². The highest BCUT2D eigenvalue weighted by Crippen LogP contribution is 2.25. The molecule has 0 spiro atoms. The first-order valence-electron chi connectivity index (χ1n) is 4.06. The molecule has 0 aliphatic rings. The minimum Gasteiger partial charge on any atom is -0.330 e. The Labute approximate surface area is 81.6 Å². The Morgan fingerprint density at radius 1 is 1.75 bits per heavy atom. The maximum atomic E-state index is 5.55. The topological polar surface area (TPSA) is 38.9 Å². The van der Waals surface area contributed by atoms with Crippen LogP contribution in [0, 0.1) is 0 Å².